The first-order valence-corrected chi connectivity index (χ1v) is 13.5. The maximum Gasteiger partial charge on any atom is 0.433 e. The highest BCUT2D eigenvalue weighted by molar-refractivity contribution is 7.91. The summed E-state index contributed by atoms with van der Waals surface area (Å²) in [5.41, 5.74) is 0.0910. The third kappa shape index (κ3) is 5.18. The highest BCUT2D eigenvalue weighted by atomic mass is 32.2. The molecule has 1 aromatic carbocycles. The van der Waals surface area contributed by atoms with Crippen LogP contribution in [0.5, 0.6) is 5.75 Å². The minimum absolute atomic E-state index is 0.0193. The molecule has 5 rings (SSSR count). The van der Waals surface area contributed by atoms with Gasteiger partial charge in [0.2, 0.25) is 0 Å². The number of hydrogen-bond donors (Lipinski definition) is 1. The fourth-order valence-electron chi connectivity index (χ4n) is 4.37. The number of aromatic nitrogens is 3. The molecule has 0 unspecified atom stereocenters. The average Bonchev–Trinajstić information content (AvgIpc) is 3.61. The van der Waals surface area contributed by atoms with E-state index in [1.54, 1.807) is 12.1 Å². The van der Waals surface area contributed by atoms with Gasteiger partial charge in [-0.15, -0.1) is 0 Å². The summed E-state index contributed by atoms with van der Waals surface area (Å²) in [6.07, 6.45) is -1.60. The van der Waals surface area contributed by atoms with Gasteiger partial charge in [0, 0.05) is 19.0 Å². The summed E-state index contributed by atoms with van der Waals surface area (Å²) in [5.74, 6) is 0.953. The van der Waals surface area contributed by atoms with Crippen molar-refractivity contribution in [3.63, 3.8) is 0 Å². The van der Waals surface area contributed by atoms with Gasteiger partial charge in [-0.05, 0) is 49.8 Å². The van der Waals surface area contributed by atoms with Crippen molar-refractivity contribution in [1.29, 1.82) is 0 Å². The van der Waals surface area contributed by atoms with Crippen LogP contribution in [0.2, 0.25) is 0 Å². The van der Waals surface area contributed by atoms with E-state index in [0.717, 1.165) is 30.8 Å². The number of nitrogens with zero attached hydrogens (tertiary/aromatic N) is 3. The highest BCUT2D eigenvalue weighted by Gasteiger charge is 2.33. The molecule has 2 aliphatic rings. The molecule has 0 spiro atoms. The van der Waals surface area contributed by atoms with Crippen molar-refractivity contribution >= 4 is 32.5 Å². The minimum Gasteiger partial charge on any atom is -0.491 e. The summed E-state index contributed by atoms with van der Waals surface area (Å²) < 4.78 is 70.7. The maximum absolute atomic E-state index is 13.1. The number of anilines is 1. The van der Waals surface area contributed by atoms with Crippen LogP contribution in [0.15, 0.2) is 30.3 Å². The fraction of sp³-hybridized carbons (Fsp3) is 0.458. The normalized spacial score (nSPS) is 18.3. The molecule has 1 saturated carbocycles. The van der Waals surface area contributed by atoms with E-state index in [-0.39, 0.29) is 23.1 Å². The Morgan fingerprint density at radius 2 is 1.86 bits per heavy atom. The van der Waals surface area contributed by atoms with Crippen molar-refractivity contribution in [1.82, 2.24) is 14.5 Å². The standard InChI is InChI=1S/C24H25F3N4O4S/c1-31-19-11-18(30-23(32)16-3-2-4-21(28-16)24(25,26)27)20(35-13-14-5-6-14)12-17(19)29-22(31)15-7-9-36(33,34)10-8-15/h2-4,11-12,14-15H,5-10,13H2,1H3,(H,30,32). The number of hydrogen-bond acceptors (Lipinski definition) is 6. The topological polar surface area (TPSA) is 103 Å². The van der Waals surface area contributed by atoms with Crippen molar-refractivity contribution in [2.75, 3.05) is 23.4 Å². The number of benzene rings is 1. The number of rotatable bonds is 6. The lowest BCUT2D eigenvalue weighted by Gasteiger charge is -2.21. The lowest BCUT2D eigenvalue weighted by atomic mass is 10.0. The summed E-state index contributed by atoms with van der Waals surface area (Å²) in [6, 6.07) is 6.54. The molecule has 1 amide bonds. The molecule has 3 aromatic rings. The molecule has 12 heteroatoms. The SMILES string of the molecule is Cn1c(C2CCS(=O)(=O)CC2)nc2cc(OCC3CC3)c(NC(=O)c3cccc(C(F)(F)F)n3)cc21. The second-order valence-corrected chi connectivity index (χ2v) is 11.7. The summed E-state index contributed by atoms with van der Waals surface area (Å²) in [7, 11) is -1.20. The van der Waals surface area contributed by atoms with Crippen LogP contribution in [0.3, 0.4) is 0 Å². The molecular formula is C24H25F3N4O4S. The van der Waals surface area contributed by atoms with E-state index in [1.807, 2.05) is 11.6 Å². The smallest absolute Gasteiger partial charge is 0.433 e. The lowest BCUT2D eigenvalue weighted by molar-refractivity contribution is -0.141. The molecule has 192 valence electrons. The van der Waals surface area contributed by atoms with Gasteiger partial charge in [-0.3, -0.25) is 4.79 Å². The first kappa shape index (κ1) is 24.5. The van der Waals surface area contributed by atoms with Crippen molar-refractivity contribution in [2.45, 2.75) is 37.8 Å². The third-order valence-electron chi connectivity index (χ3n) is 6.63. The number of amides is 1. The monoisotopic (exact) mass is 522 g/mol. The van der Waals surface area contributed by atoms with Crippen molar-refractivity contribution in [2.24, 2.45) is 13.0 Å². The number of pyridine rings is 1. The zero-order valence-corrected chi connectivity index (χ0v) is 20.3. The number of alkyl halides is 3. The van der Waals surface area contributed by atoms with Crippen molar-refractivity contribution in [3.05, 3.63) is 47.5 Å². The molecule has 0 atom stereocenters. The van der Waals surface area contributed by atoms with E-state index < -0.39 is 27.6 Å². The van der Waals surface area contributed by atoms with Crippen LogP contribution in [-0.4, -0.2) is 47.0 Å². The number of ether oxygens (including phenoxy) is 1. The number of halogens is 3. The molecule has 8 nitrogen and oxygen atoms in total. The van der Waals surface area contributed by atoms with Crippen LogP contribution < -0.4 is 10.1 Å². The Kier molecular flexibility index (Phi) is 6.17. The van der Waals surface area contributed by atoms with Crippen LogP contribution in [0.25, 0.3) is 11.0 Å². The minimum atomic E-state index is -4.67. The number of carbonyl (C=O) groups is 1. The van der Waals surface area contributed by atoms with E-state index in [1.165, 1.54) is 6.07 Å². The molecule has 3 heterocycles. The summed E-state index contributed by atoms with van der Waals surface area (Å²) >= 11 is 0. The Labute approximate surface area is 205 Å². The molecule has 1 N–H and O–H groups in total. The van der Waals surface area contributed by atoms with Crippen molar-refractivity contribution in [3.8, 4) is 5.75 Å². The second-order valence-electron chi connectivity index (χ2n) is 9.41. The number of sulfone groups is 1. The van der Waals surface area contributed by atoms with Gasteiger partial charge in [0.1, 0.15) is 32.8 Å². The Bertz CT molecular complexity index is 1420. The molecule has 0 bridgehead atoms. The van der Waals surface area contributed by atoms with Gasteiger partial charge >= 0.3 is 6.18 Å². The van der Waals surface area contributed by atoms with E-state index in [0.29, 0.717) is 47.8 Å². The molecule has 1 aliphatic carbocycles. The average molecular weight is 523 g/mol. The van der Waals surface area contributed by atoms with Crippen LogP contribution in [0.1, 0.15) is 53.6 Å². The summed E-state index contributed by atoms with van der Waals surface area (Å²) in [4.78, 5) is 21.1. The second kappa shape index (κ2) is 9.06. The van der Waals surface area contributed by atoms with Gasteiger partial charge in [-0.25, -0.2) is 18.4 Å². The van der Waals surface area contributed by atoms with Gasteiger partial charge in [0.05, 0.1) is 34.8 Å². The predicted octanol–water partition coefficient (Wildman–Crippen LogP) is 4.32. The number of fused-ring (bicyclic) bond motifs is 1. The molecule has 2 fully saturated rings. The Morgan fingerprint density at radius 1 is 1.14 bits per heavy atom. The Morgan fingerprint density at radius 3 is 2.53 bits per heavy atom. The molecule has 1 aliphatic heterocycles. The van der Waals surface area contributed by atoms with E-state index in [4.69, 9.17) is 9.72 Å². The van der Waals surface area contributed by atoms with Crippen LogP contribution in [-0.2, 0) is 23.1 Å². The van der Waals surface area contributed by atoms with Gasteiger partial charge in [-0.1, -0.05) is 6.07 Å². The van der Waals surface area contributed by atoms with Gasteiger partial charge in [0.25, 0.3) is 5.91 Å². The maximum atomic E-state index is 13.1. The van der Waals surface area contributed by atoms with Crippen LogP contribution >= 0.6 is 0 Å². The van der Waals surface area contributed by atoms with Gasteiger partial charge in [-0.2, -0.15) is 13.2 Å². The molecular weight excluding hydrogens is 497 g/mol. The third-order valence-corrected chi connectivity index (χ3v) is 8.34. The zero-order valence-electron chi connectivity index (χ0n) is 19.5. The number of carbonyl (C=O) groups excluding carboxylic acids is 1. The van der Waals surface area contributed by atoms with E-state index >= 15 is 0 Å². The Balaban J connectivity index is 1.47. The van der Waals surface area contributed by atoms with Gasteiger partial charge in [0.15, 0.2) is 0 Å². The molecule has 2 aromatic heterocycles. The fourth-order valence-corrected chi connectivity index (χ4v) is 5.86. The predicted molar refractivity (Wildman–Crippen MR) is 127 cm³/mol. The van der Waals surface area contributed by atoms with E-state index in [9.17, 15) is 26.4 Å². The van der Waals surface area contributed by atoms with Crippen LogP contribution in [0.4, 0.5) is 18.9 Å². The summed E-state index contributed by atoms with van der Waals surface area (Å²) in [5, 5.41) is 2.65. The lowest BCUT2D eigenvalue weighted by Crippen LogP contribution is -2.23. The summed E-state index contributed by atoms with van der Waals surface area (Å²) in [6.45, 7) is 0.455. The van der Waals surface area contributed by atoms with E-state index in [2.05, 4.69) is 10.3 Å². The van der Waals surface area contributed by atoms with Crippen LogP contribution in [0, 0.1) is 5.92 Å². The first-order chi connectivity index (χ1) is 17.0. The number of nitrogens with one attached hydrogen (secondary N) is 1. The number of imidazole rings is 1. The van der Waals surface area contributed by atoms with Crippen molar-refractivity contribution < 1.29 is 31.1 Å². The highest BCUT2D eigenvalue weighted by Crippen LogP contribution is 2.37. The number of aryl methyl sites for hydroxylation is 1. The zero-order chi connectivity index (χ0) is 25.7. The molecule has 1 saturated heterocycles. The Hall–Kier alpha value is -3.15. The van der Waals surface area contributed by atoms with Gasteiger partial charge < -0.3 is 14.6 Å². The quantitative estimate of drug-likeness (QED) is 0.517. The largest absolute Gasteiger partial charge is 0.491 e. The molecule has 0 radical (unpaired) electrons. The molecule has 36 heavy (non-hydrogen) atoms. The first-order valence-electron chi connectivity index (χ1n) is 11.7.